The van der Waals surface area contributed by atoms with Crippen molar-refractivity contribution in [3.63, 3.8) is 0 Å². The number of benzene rings is 2. The van der Waals surface area contributed by atoms with Crippen molar-refractivity contribution < 1.29 is 4.79 Å². The van der Waals surface area contributed by atoms with Crippen LogP contribution in [0.15, 0.2) is 54.6 Å². The summed E-state index contributed by atoms with van der Waals surface area (Å²) in [6.07, 6.45) is 1.89. The molecule has 2 atom stereocenters. The topological polar surface area (TPSA) is 41.1 Å². The highest BCUT2D eigenvalue weighted by Crippen LogP contribution is 2.21. The molecule has 0 saturated heterocycles. The molecule has 0 aliphatic rings. The van der Waals surface area contributed by atoms with E-state index in [0.717, 1.165) is 18.4 Å². The minimum absolute atomic E-state index is 0.00876. The van der Waals surface area contributed by atoms with Gasteiger partial charge in [0.1, 0.15) is 0 Å². The Balaban J connectivity index is 1.71. The third-order valence-electron chi connectivity index (χ3n) is 4.06. The number of carbonyl (C=O) groups excluding carboxylic acids is 1. The van der Waals surface area contributed by atoms with Gasteiger partial charge < -0.3 is 10.6 Å². The van der Waals surface area contributed by atoms with E-state index in [2.05, 4.69) is 22.8 Å². The molecule has 24 heavy (non-hydrogen) atoms. The highest BCUT2D eigenvalue weighted by molar-refractivity contribution is 6.31. The van der Waals surface area contributed by atoms with Gasteiger partial charge in [0.15, 0.2) is 0 Å². The Morgan fingerprint density at radius 2 is 1.71 bits per heavy atom. The standard InChI is InChI=1S/C20H25ClN2O/c1-15(12-13-17-8-4-3-5-9-17)23-20(24)14-22-16(2)18-10-6-7-11-19(18)21/h3-11,15-16,22H,12-14H2,1-2H3,(H,23,24)/t15-,16+/m1/s1. The normalized spacial score (nSPS) is 13.3. The SMILES string of the molecule is C[C@H](CCc1ccccc1)NC(=O)CN[C@@H](C)c1ccccc1Cl. The lowest BCUT2D eigenvalue weighted by molar-refractivity contribution is -0.121. The first-order valence-electron chi connectivity index (χ1n) is 8.37. The monoisotopic (exact) mass is 344 g/mol. The van der Waals surface area contributed by atoms with E-state index < -0.39 is 0 Å². The van der Waals surface area contributed by atoms with Crippen LogP contribution >= 0.6 is 11.6 Å². The summed E-state index contributed by atoms with van der Waals surface area (Å²) in [5.74, 6) is 0.00876. The van der Waals surface area contributed by atoms with Crippen molar-refractivity contribution in [2.75, 3.05) is 6.54 Å². The minimum Gasteiger partial charge on any atom is -0.353 e. The van der Waals surface area contributed by atoms with Crippen molar-refractivity contribution in [1.82, 2.24) is 10.6 Å². The lowest BCUT2D eigenvalue weighted by Crippen LogP contribution is -2.39. The molecule has 0 radical (unpaired) electrons. The number of hydrogen-bond donors (Lipinski definition) is 2. The Hall–Kier alpha value is -1.84. The molecule has 4 heteroatoms. The van der Waals surface area contributed by atoms with Gasteiger partial charge in [0.05, 0.1) is 6.54 Å². The van der Waals surface area contributed by atoms with Crippen LogP contribution < -0.4 is 10.6 Å². The number of amides is 1. The first-order valence-corrected chi connectivity index (χ1v) is 8.75. The summed E-state index contributed by atoms with van der Waals surface area (Å²) in [6, 6.07) is 18.2. The Morgan fingerprint density at radius 3 is 2.42 bits per heavy atom. The van der Waals surface area contributed by atoms with E-state index in [1.165, 1.54) is 5.56 Å². The second kappa shape index (κ2) is 9.45. The first kappa shape index (κ1) is 18.5. The Morgan fingerprint density at radius 1 is 1.04 bits per heavy atom. The molecule has 2 aromatic rings. The van der Waals surface area contributed by atoms with Gasteiger partial charge in [0, 0.05) is 17.1 Å². The fourth-order valence-corrected chi connectivity index (χ4v) is 2.91. The number of nitrogens with one attached hydrogen (secondary N) is 2. The number of aryl methyl sites for hydroxylation is 1. The van der Waals surface area contributed by atoms with Crippen molar-refractivity contribution in [3.8, 4) is 0 Å². The van der Waals surface area contributed by atoms with E-state index in [4.69, 9.17) is 11.6 Å². The molecule has 0 aliphatic heterocycles. The van der Waals surface area contributed by atoms with Crippen molar-refractivity contribution in [2.45, 2.75) is 38.8 Å². The maximum absolute atomic E-state index is 12.1. The van der Waals surface area contributed by atoms with Gasteiger partial charge in [-0.3, -0.25) is 4.79 Å². The zero-order valence-electron chi connectivity index (χ0n) is 14.3. The van der Waals surface area contributed by atoms with Gasteiger partial charge in [0.25, 0.3) is 0 Å². The number of rotatable bonds is 8. The van der Waals surface area contributed by atoms with E-state index in [9.17, 15) is 4.79 Å². The molecule has 1 amide bonds. The summed E-state index contributed by atoms with van der Waals surface area (Å²) in [5, 5.41) is 6.98. The third-order valence-corrected chi connectivity index (χ3v) is 4.40. The van der Waals surface area contributed by atoms with Crippen LogP contribution in [0.25, 0.3) is 0 Å². The van der Waals surface area contributed by atoms with Crippen LogP contribution in [-0.4, -0.2) is 18.5 Å². The lowest BCUT2D eigenvalue weighted by atomic mass is 10.1. The van der Waals surface area contributed by atoms with Crippen LogP contribution in [0.3, 0.4) is 0 Å². The molecule has 0 spiro atoms. The number of hydrogen-bond acceptors (Lipinski definition) is 2. The predicted molar refractivity (Wildman–Crippen MR) is 100 cm³/mol. The maximum atomic E-state index is 12.1. The lowest BCUT2D eigenvalue weighted by Gasteiger charge is -2.18. The Kier molecular flexibility index (Phi) is 7.29. The van der Waals surface area contributed by atoms with Crippen molar-refractivity contribution in [3.05, 3.63) is 70.7 Å². The van der Waals surface area contributed by atoms with E-state index in [-0.39, 0.29) is 24.5 Å². The predicted octanol–water partition coefficient (Wildman–Crippen LogP) is 4.13. The van der Waals surface area contributed by atoms with E-state index in [1.807, 2.05) is 56.3 Å². The van der Waals surface area contributed by atoms with Gasteiger partial charge in [-0.25, -0.2) is 0 Å². The second-order valence-corrected chi connectivity index (χ2v) is 6.52. The molecule has 2 aromatic carbocycles. The number of carbonyl (C=O) groups is 1. The third kappa shape index (κ3) is 5.99. The molecule has 0 saturated carbocycles. The average molecular weight is 345 g/mol. The molecular formula is C20H25ClN2O. The molecular weight excluding hydrogens is 320 g/mol. The molecule has 2 rings (SSSR count). The van der Waals surface area contributed by atoms with E-state index in [0.29, 0.717) is 5.02 Å². The zero-order chi connectivity index (χ0) is 17.4. The van der Waals surface area contributed by atoms with Crippen molar-refractivity contribution in [2.24, 2.45) is 0 Å². The van der Waals surface area contributed by atoms with Gasteiger partial charge in [0.2, 0.25) is 5.91 Å². The summed E-state index contributed by atoms with van der Waals surface area (Å²) in [7, 11) is 0. The summed E-state index contributed by atoms with van der Waals surface area (Å²) in [4.78, 5) is 12.1. The fraction of sp³-hybridized carbons (Fsp3) is 0.350. The summed E-state index contributed by atoms with van der Waals surface area (Å²) < 4.78 is 0. The summed E-state index contributed by atoms with van der Waals surface area (Å²) >= 11 is 6.18. The molecule has 0 fully saturated rings. The molecule has 2 N–H and O–H groups in total. The van der Waals surface area contributed by atoms with Gasteiger partial charge in [-0.1, -0.05) is 60.1 Å². The van der Waals surface area contributed by atoms with E-state index in [1.54, 1.807) is 0 Å². The molecule has 3 nitrogen and oxygen atoms in total. The fourth-order valence-electron chi connectivity index (χ4n) is 2.61. The van der Waals surface area contributed by atoms with Crippen LogP contribution in [0.5, 0.6) is 0 Å². The van der Waals surface area contributed by atoms with Gasteiger partial charge >= 0.3 is 0 Å². The first-order chi connectivity index (χ1) is 11.6. The van der Waals surface area contributed by atoms with E-state index >= 15 is 0 Å². The average Bonchev–Trinajstić information content (AvgIpc) is 2.59. The second-order valence-electron chi connectivity index (χ2n) is 6.12. The number of halogens is 1. The smallest absolute Gasteiger partial charge is 0.234 e. The van der Waals surface area contributed by atoms with Gasteiger partial charge in [-0.15, -0.1) is 0 Å². The van der Waals surface area contributed by atoms with Crippen LogP contribution in [0.1, 0.15) is 37.4 Å². The highest BCUT2D eigenvalue weighted by Gasteiger charge is 2.12. The van der Waals surface area contributed by atoms with Crippen LogP contribution in [0, 0.1) is 0 Å². The van der Waals surface area contributed by atoms with Gasteiger partial charge in [-0.05, 0) is 43.9 Å². The summed E-state index contributed by atoms with van der Waals surface area (Å²) in [6.45, 7) is 4.33. The molecule has 0 aromatic heterocycles. The molecule has 0 heterocycles. The van der Waals surface area contributed by atoms with Crippen LogP contribution in [-0.2, 0) is 11.2 Å². The van der Waals surface area contributed by atoms with Crippen molar-refractivity contribution >= 4 is 17.5 Å². The molecule has 128 valence electrons. The summed E-state index contributed by atoms with van der Waals surface area (Å²) in [5.41, 5.74) is 2.30. The van der Waals surface area contributed by atoms with Crippen LogP contribution in [0.4, 0.5) is 0 Å². The highest BCUT2D eigenvalue weighted by atomic mass is 35.5. The minimum atomic E-state index is 0.00876. The van der Waals surface area contributed by atoms with Gasteiger partial charge in [-0.2, -0.15) is 0 Å². The Bertz CT molecular complexity index is 645. The molecule has 0 aliphatic carbocycles. The molecule has 0 unspecified atom stereocenters. The van der Waals surface area contributed by atoms with Crippen LogP contribution in [0.2, 0.25) is 5.02 Å². The largest absolute Gasteiger partial charge is 0.353 e. The van der Waals surface area contributed by atoms with Crippen molar-refractivity contribution in [1.29, 1.82) is 0 Å². The zero-order valence-corrected chi connectivity index (χ0v) is 15.0. The quantitative estimate of drug-likeness (QED) is 0.756. The maximum Gasteiger partial charge on any atom is 0.234 e. The molecule has 0 bridgehead atoms. The Labute approximate surface area is 149 Å².